The zero-order valence-corrected chi connectivity index (χ0v) is 11.2. The maximum Gasteiger partial charge on any atom is 0.174 e. The minimum Gasteiger partial charge on any atom is -0.485 e. The van der Waals surface area contributed by atoms with Gasteiger partial charge in [0.05, 0.1) is 5.69 Å². The van der Waals surface area contributed by atoms with Crippen LogP contribution in [0.3, 0.4) is 0 Å². The summed E-state index contributed by atoms with van der Waals surface area (Å²) in [4.78, 5) is 0. The number of hydrogen-bond acceptors (Lipinski definition) is 4. The molecule has 0 aliphatic carbocycles. The van der Waals surface area contributed by atoms with E-state index < -0.39 is 0 Å². The van der Waals surface area contributed by atoms with E-state index in [9.17, 15) is 0 Å². The van der Waals surface area contributed by atoms with Gasteiger partial charge in [-0.1, -0.05) is 35.5 Å². The monoisotopic (exact) mass is 258 g/mol. The van der Waals surface area contributed by atoms with Crippen molar-refractivity contribution in [1.82, 2.24) is 10.5 Å². The Labute approximate surface area is 113 Å². The molecular formula is C15H18N2O2. The van der Waals surface area contributed by atoms with E-state index in [4.69, 9.17) is 9.26 Å². The molecule has 0 atom stereocenters. The van der Waals surface area contributed by atoms with Gasteiger partial charge in [0.2, 0.25) is 0 Å². The van der Waals surface area contributed by atoms with Crippen LogP contribution >= 0.6 is 0 Å². The van der Waals surface area contributed by atoms with Gasteiger partial charge in [0.15, 0.2) is 5.76 Å². The molecule has 0 radical (unpaired) electrons. The van der Waals surface area contributed by atoms with E-state index in [0.29, 0.717) is 13.2 Å². The Morgan fingerprint density at radius 1 is 1.37 bits per heavy atom. The van der Waals surface area contributed by atoms with Crippen molar-refractivity contribution in [3.63, 3.8) is 0 Å². The second-order valence-electron chi connectivity index (χ2n) is 4.14. The average Bonchev–Trinajstić information content (AvgIpc) is 2.86. The average molecular weight is 258 g/mol. The smallest absolute Gasteiger partial charge is 0.174 e. The molecule has 1 aromatic heterocycles. The van der Waals surface area contributed by atoms with Crippen molar-refractivity contribution in [2.45, 2.75) is 20.1 Å². The van der Waals surface area contributed by atoms with Gasteiger partial charge in [-0.05, 0) is 20.0 Å². The highest BCUT2D eigenvalue weighted by Crippen LogP contribution is 2.20. The van der Waals surface area contributed by atoms with Gasteiger partial charge in [0, 0.05) is 18.2 Å². The lowest BCUT2D eigenvalue weighted by molar-refractivity contribution is 0.248. The summed E-state index contributed by atoms with van der Waals surface area (Å²) in [5.41, 5.74) is 1.93. The van der Waals surface area contributed by atoms with Crippen LogP contribution < -0.4 is 10.1 Å². The van der Waals surface area contributed by atoms with Gasteiger partial charge in [-0.15, -0.1) is 0 Å². The molecule has 1 N–H and O–H groups in total. The summed E-state index contributed by atoms with van der Waals surface area (Å²) < 4.78 is 11.0. The summed E-state index contributed by atoms with van der Waals surface area (Å²) in [5.74, 6) is 1.56. The molecule has 0 aliphatic heterocycles. The van der Waals surface area contributed by atoms with E-state index in [-0.39, 0.29) is 0 Å². The molecule has 4 nitrogen and oxygen atoms in total. The summed E-state index contributed by atoms with van der Waals surface area (Å²) in [6.45, 7) is 3.06. The Morgan fingerprint density at radius 2 is 2.21 bits per heavy atom. The Balaban J connectivity index is 2.01. The number of allylic oxidation sites excluding steroid dienone is 1. The molecule has 1 heterocycles. The van der Waals surface area contributed by atoms with Crippen LogP contribution in [0.2, 0.25) is 0 Å². The molecule has 2 rings (SSSR count). The normalized spacial score (nSPS) is 11.1. The maximum absolute atomic E-state index is 5.76. The number of ether oxygens (including phenoxy) is 1. The van der Waals surface area contributed by atoms with Gasteiger partial charge < -0.3 is 14.6 Å². The van der Waals surface area contributed by atoms with E-state index >= 15 is 0 Å². The van der Waals surface area contributed by atoms with Gasteiger partial charge in [-0.3, -0.25) is 0 Å². The second-order valence-corrected chi connectivity index (χ2v) is 4.14. The highest BCUT2D eigenvalue weighted by atomic mass is 16.5. The minimum atomic E-state index is 0.380. The third-order valence-electron chi connectivity index (χ3n) is 2.60. The molecular weight excluding hydrogens is 240 g/mol. The lowest BCUT2D eigenvalue weighted by atomic mass is 10.2. The number of nitrogens with zero attached hydrogens (tertiary/aromatic N) is 1. The van der Waals surface area contributed by atoms with E-state index in [2.05, 4.69) is 10.5 Å². The van der Waals surface area contributed by atoms with Crippen molar-refractivity contribution < 1.29 is 9.26 Å². The third-order valence-corrected chi connectivity index (χ3v) is 2.60. The SMILES string of the molecule is CC=Cc1ccccc1OCc1cc(CNC)no1. The number of nitrogens with one attached hydrogen (secondary N) is 1. The van der Waals surface area contributed by atoms with Crippen LogP contribution in [0.25, 0.3) is 6.08 Å². The lowest BCUT2D eigenvalue weighted by Gasteiger charge is -2.06. The van der Waals surface area contributed by atoms with Crippen LogP contribution in [0.15, 0.2) is 40.9 Å². The Bertz CT molecular complexity index is 547. The molecule has 0 saturated carbocycles. The van der Waals surface area contributed by atoms with E-state index in [1.54, 1.807) is 0 Å². The van der Waals surface area contributed by atoms with Crippen LogP contribution in [-0.4, -0.2) is 12.2 Å². The first kappa shape index (κ1) is 13.4. The molecule has 2 aromatic rings. The van der Waals surface area contributed by atoms with E-state index in [1.807, 2.05) is 56.5 Å². The van der Waals surface area contributed by atoms with Crippen molar-refractivity contribution in [3.8, 4) is 5.75 Å². The van der Waals surface area contributed by atoms with Crippen molar-refractivity contribution in [2.75, 3.05) is 7.05 Å². The number of rotatable bonds is 6. The van der Waals surface area contributed by atoms with Gasteiger partial charge in [-0.2, -0.15) is 0 Å². The topological polar surface area (TPSA) is 47.3 Å². The molecule has 0 spiro atoms. The molecule has 100 valence electrons. The first-order valence-electron chi connectivity index (χ1n) is 6.27. The minimum absolute atomic E-state index is 0.380. The Morgan fingerprint density at radius 3 is 3.00 bits per heavy atom. The predicted octanol–water partition coefficient (Wildman–Crippen LogP) is 3.01. The van der Waals surface area contributed by atoms with Crippen molar-refractivity contribution in [1.29, 1.82) is 0 Å². The number of aromatic nitrogens is 1. The van der Waals surface area contributed by atoms with E-state index in [1.165, 1.54) is 0 Å². The second kappa shape index (κ2) is 6.75. The van der Waals surface area contributed by atoms with E-state index in [0.717, 1.165) is 22.8 Å². The summed E-state index contributed by atoms with van der Waals surface area (Å²) in [6.07, 6.45) is 4.00. The summed E-state index contributed by atoms with van der Waals surface area (Å²) in [5, 5.41) is 6.97. The molecule has 0 aliphatic rings. The quantitative estimate of drug-likeness (QED) is 0.865. The maximum atomic E-state index is 5.76. The Hall–Kier alpha value is -2.07. The third kappa shape index (κ3) is 3.69. The summed E-state index contributed by atoms with van der Waals surface area (Å²) in [7, 11) is 1.87. The molecule has 0 amide bonds. The van der Waals surface area contributed by atoms with Crippen LogP contribution in [-0.2, 0) is 13.2 Å². The highest BCUT2D eigenvalue weighted by Gasteiger charge is 2.05. The van der Waals surface area contributed by atoms with Gasteiger partial charge in [0.1, 0.15) is 12.4 Å². The number of hydrogen-bond donors (Lipinski definition) is 1. The van der Waals surface area contributed by atoms with Crippen molar-refractivity contribution in [3.05, 3.63) is 53.4 Å². The molecule has 0 fully saturated rings. The van der Waals surface area contributed by atoms with Crippen molar-refractivity contribution in [2.24, 2.45) is 0 Å². The fourth-order valence-corrected chi connectivity index (χ4v) is 1.77. The highest BCUT2D eigenvalue weighted by molar-refractivity contribution is 5.56. The molecule has 1 aromatic carbocycles. The van der Waals surface area contributed by atoms with Crippen molar-refractivity contribution >= 4 is 6.08 Å². The first-order valence-corrected chi connectivity index (χ1v) is 6.27. The fraction of sp³-hybridized carbons (Fsp3) is 0.267. The van der Waals surface area contributed by atoms with Gasteiger partial charge in [-0.25, -0.2) is 0 Å². The number of benzene rings is 1. The largest absolute Gasteiger partial charge is 0.485 e. The zero-order valence-electron chi connectivity index (χ0n) is 11.2. The molecule has 19 heavy (non-hydrogen) atoms. The number of para-hydroxylation sites is 1. The van der Waals surface area contributed by atoms with Gasteiger partial charge >= 0.3 is 0 Å². The molecule has 4 heteroatoms. The molecule has 0 bridgehead atoms. The van der Waals surface area contributed by atoms with Crippen LogP contribution in [0.5, 0.6) is 5.75 Å². The summed E-state index contributed by atoms with van der Waals surface area (Å²) in [6, 6.07) is 9.80. The Kier molecular flexibility index (Phi) is 4.75. The van der Waals surface area contributed by atoms with Crippen LogP contribution in [0.1, 0.15) is 23.9 Å². The van der Waals surface area contributed by atoms with Crippen LogP contribution in [0, 0.1) is 0 Å². The summed E-state index contributed by atoms with van der Waals surface area (Å²) >= 11 is 0. The van der Waals surface area contributed by atoms with Gasteiger partial charge in [0.25, 0.3) is 0 Å². The lowest BCUT2D eigenvalue weighted by Crippen LogP contribution is -2.04. The zero-order chi connectivity index (χ0) is 13.5. The standard InChI is InChI=1S/C15H18N2O2/c1-3-6-12-7-4-5-8-15(12)18-11-14-9-13(10-16-2)17-19-14/h3-9,16H,10-11H2,1-2H3. The predicted molar refractivity (Wildman–Crippen MR) is 74.7 cm³/mol. The molecule has 0 saturated heterocycles. The first-order chi connectivity index (χ1) is 9.33. The fourth-order valence-electron chi connectivity index (χ4n) is 1.77. The van der Waals surface area contributed by atoms with Crippen LogP contribution in [0.4, 0.5) is 0 Å². The molecule has 0 unspecified atom stereocenters.